The molecule has 0 aliphatic heterocycles. The Bertz CT molecular complexity index is 713. The first-order valence-electron chi connectivity index (χ1n) is 6.16. The summed E-state index contributed by atoms with van der Waals surface area (Å²) in [6.45, 7) is 2.24. The topological polar surface area (TPSA) is 37.4 Å². The molecule has 0 aliphatic carbocycles. The quantitative estimate of drug-likeness (QED) is 0.865. The van der Waals surface area contributed by atoms with E-state index in [1.54, 1.807) is 24.3 Å². The van der Waals surface area contributed by atoms with Crippen molar-refractivity contribution in [3.8, 4) is 0 Å². The summed E-state index contributed by atoms with van der Waals surface area (Å²) in [5.41, 5.74) is 2.52. The first kappa shape index (κ1) is 14.9. The molecule has 0 aromatic heterocycles. The van der Waals surface area contributed by atoms with Crippen molar-refractivity contribution in [1.29, 1.82) is 0 Å². The lowest BCUT2D eigenvalue weighted by atomic mass is 10.1. The maximum atomic E-state index is 12.0. The molecule has 0 spiro atoms. The Labute approximate surface area is 124 Å². The van der Waals surface area contributed by atoms with Gasteiger partial charge in [-0.2, -0.15) is 0 Å². The van der Waals surface area contributed by atoms with E-state index in [0.717, 1.165) is 11.1 Å². The Morgan fingerprint density at radius 3 is 2.40 bits per heavy atom. The van der Waals surface area contributed by atoms with Crippen LogP contribution in [0.4, 0.5) is 5.69 Å². The summed E-state index contributed by atoms with van der Waals surface area (Å²) < 4.78 is 25.4. The van der Waals surface area contributed by atoms with Crippen molar-refractivity contribution in [2.45, 2.75) is 13.5 Å². The standard InChI is InChI=1S/C15H16ClNO2S/c1-12-6-5-7-13(10-12)11-17(20(2,18)19)15-9-4-3-8-14(15)16/h3-10H,11H2,1-2H3. The van der Waals surface area contributed by atoms with Crippen LogP contribution in [-0.4, -0.2) is 14.7 Å². The summed E-state index contributed by atoms with van der Waals surface area (Å²) in [5.74, 6) is 0. The summed E-state index contributed by atoms with van der Waals surface area (Å²) in [5, 5.41) is 0.422. The number of benzene rings is 2. The first-order valence-corrected chi connectivity index (χ1v) is 8.38. The van der Waals surface area contributed by atoms with E-state index in [9.17, 15) is 8.42 Å². The molecule has 0 bridgehead atoms. The third kappa shape index (κ3) is 3.52. The zero-order valence-corrected chi connectivity index (χ0v) is 12.9. The molecule has 2 aromatic carbocycles. The van der Waals surface area contributed by atoms with Crippen LogP contribution in [0.1, 0.15) is 11.1 Å². The minimum Gasteiger partial charge on any atom is -0.265 e. The third-order valence-corrected chi connectivity index (χ3v) is 4.38. The number of hydrogen-bond donors (Lipinski definition) is 0. The summed E-state index contributed by atoms with van der Waals surface area (Å²) in [7, 11) is -3.40. The number of halogens is 1. The monoisotopic (exact) mass is 309 g/mol. The van der Waals surface area contributed by atoms with Gasteiger partial charge in [0, 0.05) is 0 Å². The Morgan fingerprint density at radius 1 is 1.10 bits per heavy atom. The molecule has 106 valence electrons. The van der Waals surface area contributed by atoms with E-state index in [-0.39, 0.29) is 6.54 Å². The van der Waals surface area contributed by atoms with Gasteiger partial charge in [-0.3, -0.25) is 4.31 Å². The van der Waals surface area contributed by atoms with E-state index in [0.29, 0.717) is 10.7 Å². The van der Waals surface area contributed by atoms with Gasteiger partial charge in [0.05, 0.1) is 23.5 Å². The zero-order chi connectivity index (χ0) is 14.8. The van der Waals surface area contributed by atoms with Crippen LogP contribution in [0.25, 0.3) is 0 Å². The second kappa shape index (κ2) is 5.85. The molecule has 0 unspecified atom stereocenters. The normalized spacial score (nSPS) is 11.3. The summed E-state index contributed by atoms with van der Waals surface area (Å²) in [6.07, 6.45) is 1.19. The van der Waals surface area contributed by atoms with Crippen molar-refractivity contribution < 1.29 is 8.42 Å². The van der Waals surface area contributed by atoms with Crippen molar-refractivity contribution >= 4 is 27.3 Å². The van der Waals surface area contributed by atoms with E-state index in [2.05, 4.69) is 0 Å². The molecule has 5 heteroatoms. The average molecular weight is 310 g/mol. The molecule has 0 atom stereocenters. The van der Waals surface area contributed by atoms with Gasteiger partial charge < -0.3 is 0 Å². The van der Waals surface area contributed by atoms with Crippen molar-refractivity contribution in [3.63, 3.8) is 0 Å². The van der Waals surface area contributed by atoms with E-state index in [4.69, 9.17) is 11.6 Å². The Morgan fingerprint density at radius 2 is 1.80 bits per heavy atom. The molecule has 20 heavy (non-hydrogen) atoms. The number of para-hydroxylation sites is 1. The Kier molecular flexibility index (Phi) is 4.35. The molecule has 0 heterocycles. The molecule has 0 amide bonds. The SMILES string of the molecule is Cc1cccc(CN(c2ccccc2Cl)S(C)(=O)=O)c1. The summed E-state index contributed by atoms with van der Waals surface area (Å²) in [4.78, 5) is 0. The minimum atomic E-state index is -3.40. The van der Waals surface area contributed by atoms with Crippen molar-refractivity contribution in [2.24, 2.45) is 0 Å². The van der Waals surface area contributed by atoms with E-state index in [1.165, 1.54) is 10.6 Å². The lowest BCUT2D eigenvalue weighted by Gasteiger charge is -2.23. The predicted molar refractivity (Wildman–Crippen MR) is 83.7 cm³/mol. The highest BCUT2D eigenvalue weighted by atomic mass is 35.5. The molecule has 0 saturated carbocycles. The van der Waals surface area contributed by atoms with Crippen LogP contribution in [0.2, 0.25) is 5.02 Å². The lowest BCUT2D eigenvalue weighted by Crippen LogP contribution is -2.29. The third-order valence-electron chi connectivity index (χ3n) is 2.93. The fraction of sp³-hybridized carbons (Fsp3) is 0.200. The maximum absolute atomic E-state index is 12.0. The molecule has 0 radical (unpaired) electrons. The van der Waals surface area contributed by atoms with E-state index < -0.39 is 10.0 Å². The van der Waals surface area contributed by atoms with Crippen LogP contribution in [0.5, 0.6) is 0 Å². The fourth-order valence-electron chi connectivity index (χ4n) is 2.01. The smallest absolute Gasteiger partial charge is 0.232 e. The highest BCUT2D eigenvalue weighted by Gasteiger charge is 2.20. The molecule has 0 aliphatic rings. The summed E-state index contributed by atoms with van der Waals surface area (Å²) in [6, 6.07) is 14.7. The highest BCUT2D eigenvalue weighted by molar-refractivity contribution is 7.92. The van der Waals surface area contributed by atoms with E-state index in [1.807, 2.05) is 31.2 Å². The van der Waals surface area contributed by atoms with Crippen molar-refractivity contribution in [2.75, 3.05) is 10.6 Å². The Balaban J connectivity index is 2.43. The minimum absolute atomic E-state index is 0.268. The van der Waals surface area contributed by atoms with Crippen LogP contribution in [0, 0.1) is 6.92 Å². The second-order valence-electron chi connectivity index (χ2n) is 4.71. The van der Waals surface area contributed by atoms with Gasteiger partial charge in [-0.1, -0.05) is 53.6 Å². The van der Waals surface area contributed by atoms with Gasteiger partial charge in [0.15, 0.2) is 0 Å². The number of sulfonamides is 1. The number of aryl methyl sites for hydroxylation is 1. The molecule has 0 saturated heterocycles. The number of nitrogens with zero attached hydrogens (tertiary/aromatic N) is 1. The van der Waals surface area contributed by atoms with E-state index >= 15 is 0 Å². The number of anilines is 1. The van der Waals surface area contributed by atoms with Crippen LogP contribution in [-0.2, 0) is 16.6 Å². The molecule has 0 N–H and O–H groups in total. The van der Waals surface area contributed by atoms with Crippen LogP contribution in [0.15, 0.2) is 48.5 Å². The molecule has 2 aromatic rings. The second-order valence-corrected chi connectivity index (χ2v) is 7.02. The maximum Gasteiger partial charge on any atom is 0.232 e. The lowest BCUT2D eigenvalue weighted by molar-refractivity contribution is 0.596. The summed E-state index contributed by atoms with van der Waals surface area (Å²) >= 11 is 6.12. The molecular formula is C15H16ClNO2S. The van der Waals surface area contributed by atoms with Gasteiger partial charge in [-0.15, -0.1) is 0 Å². The largest absolute Gasteiger partial charge is 0.265 e. The van der Waals surface area contributed by atoms with Gasteiger partial charge in [-0.05, 0) is 24.6 Å². The molecule has 2 rings (SSSR count). The van der Waals surface area contributed by atoms with Crippen molar-refractivity contribution in [1.82, 2.24) is 0 Å². The number of rotatable bonds is 4. The first-order chi connectivity index (χ1) is 9.38. The number of hydrogen-bond acceptors (Lipinski definition) is 2. The predicted octanol–water partition coefficient (Wildman–Crippen LogP) is 3.61. The average Bonchev–Trinajstić information content (AvgIpc) is 2.36. The zero-order valence-electron chi connectivity index (χ0n) is 11.4. The molecular weight excluding hydrogens is 294 g/mol. The van der Waals surface area contributed by atoms with Gasteiger partial charge in [0.1, 0.15) is 0 Å². The van der Waals surface area contributed by atoms with Gasteiger partial charge >= 0.3 is 0 Å². The van der Waals surface area contributed by atoms with Crippen molar-refractivity contribution in [3.05, 3.63) is 64.7 Å². The molecule has 3 nitrogen and oxygen atoms in total. The van der Waals surface area contributed by atoms with Gasteiger partial charge in [0.25, 0.3) is 0 Å². The molecule has 0 fully saturated rings. The highest BCUT2D eigenvalue weighted by Crippen LogP contribution is 2.28. The van der Waals surface area contributed by atoms with Crippen LogP contribution < -0.4 is 4.31 Å². The Hall–Kier alpha value is -1.52. The van der Waals surface area contributed by atoms with Crippen LogP contribution >= 0.6 is 11.6 Å². The fourth-order valence-corrected chi connectivity index (χ4v) is 3.20. The van der Waals surface area contributed by atoms with Gasteiger partial charge in [-0.25, -0.2) is 8.42 Å². The van der Waals surface area contributed by atoms with Crippen LogP contribution in [0.3, 0.4) is 0 Å². The van der Waals surface area contributed by atoms with Gasteiger partial charge in [0.2, 0.25) is 10.0 Å².